The van der Waals surface area contributed by atoms with Crippen LogP contribution in [0, 0.1) is 0 Å². The van der Waals surface area contributed by atoms with Crippen LogP contribution in [0.15, 0.2) is 35.9 Å². The molecular weight excluding hydrogens is 156 g/mol. The van der Waals surface area contributed by atoms with E-state index >= 15 is 0 Å². The molecule has 62 valence electrons. The Morgan fingerprint density at radius 1 is 1.09 bits per heavy atom. The smallest absolute Gasteiger partial charge is 0.00424 e. The molecule has 0 radical (unpaired) electrons. The van der Waals surface area contributed by atoms with Crippen molar-refractivity contribution in [1.29, 1.82) is 0 Å². The maximum atomic E-state index is 5.31. The third-order valence-electron chi connectivity index (χ3n) is 1.27. The molecule has 0 rings (SSSR count). The average Bonchev–Trinajstić information content (AvgIpc) is 2.03. The summed E-state index contributed by atoms with van der Waals surface area (Å²) in [5.74, 6) is 0. The minimum atomic E-state index is 1.17. The highest BCUT2D eigenvalue weighted by Crippen LogP contribution is 1.94. The number of halogens is 1. The molecule has 0 aromatic heterocycles. The Morgan fingerprint density at radius 3 is 2.45 bits per heavy atom. The summed E-state index contributed by atoms with van der Waals surface area (Å²) < 4.78 is 0. The summed E-state index contributed by atoms with van der Waals surface area (Å²) in [5, 5.41) is 0. The van der Waals surface area contributed by atoms with E-state index < -0.39 is 0 Å². The van der Waals surface area contributed by atoms with Crippen LogP contribution >= 0.6 is 11.6 Å². The van der Waals surface area contributed by atoms with Gasteiger partial charge in [-0.3, -0.25) is 0 Å². The first-order chi connectivity index (χ1) is 5.41. The van der Waals surface area contributed by atoms with E-state index in [4.69, 9.17) is 11.6 Å². The van der Waals surface area contributed by atoms with Gasteiger partial charge in [0.25, 0.3) is 0 Å². The van der Waals surface area contributed by atoms with Crippen LogP contribution in [-0.4, -0.2) is 0 Å². The van der Waals surface area contributed by atoms with E-state index in [-0.39, 0.29) is 0 Å². The zero-order chi connectivity index (χ0) is 8.36. The van der Waals surface area contributed by atoms with E-state index in [0.717, 1.165) is 0 Å². The molecule has 1 heteroatoms. The van der Waals surface area contributed by atoms with Crippen molar-refractivity contribution in [3.05, 3.63) is 35.9 Å². The molecule has 0 aromatic carbocycles. The molecule has 0 N–H and O–H groups in total. The molecule has 0 aliphatic heterocycles. The Morgan fingerprint density at radius 2 is 1.82 bits per heavy atom. The van der Waals surface area contributed by atoms with E-state index in [0.29, 0.717) is 0 Å². The highest BCUT2D eigenvalue weighted by Gasteiger charge is 1.74. The molecule has 0 bridgehead atoms. The number of hydrogen-bond donors (Lipinski definition) is 0. The van der Waals surface area contributed by atoms with E-state index in [9.17, 15) is 0 Å². The molecule has 0 saturated carbocycles. The molecule has 0 aromatic rings. The van der Waals surface area contributed by atoms with E-state index in [1.165, 1.54) is 24.8 Å². The van der Waals surface area contributed by atoms with Crippen molar-refractivity contribution in [2.24, 2.45) is 0 Å². The van der Waals surface area contributed by atoms with Crippen LogP contribution in [0.4, 0.5) is 0 Å². The first-order valence-electron chi connectivity index (χ1n) is 4.00. The quantitative estimate of drug-likeness (QED) is 0.432. The third-order valence-corrected chi connectivity index (χ3v) is 1.41. The number of rotatable bonds is 5. The third kappa shape index (κ3) is 9.51. The van der Waals surface area contributed by atoms with Gasteiger partial charge in [-0.25, -0.2) is 0 Å². The second kappa shape index (κ2) is 9.51. The molecule has 11 heavy (non-hydrogen) atoms. The zero-order valence-corrected chi connectivity index (χ0v) is 7.72. The first-order valence-corrected chi connectivity index (χ1v) is 4.44. The van der Waals surface area contributed by atoms with Crippen LogP contribution < -0.4 is 0 Å². The lowest BCUT2D eigenvalue weighted by atomic mass is 10.2. The van der Waals surface area contributed by atoms with Gasteiger partial charge in [-0.1, -0.05) is 61.7 Å². The van der Waals surface area contributed by atoms with Gasteiger partial charge in [0.15, 0.2) is 0 Å². The van der Waals surface area contributed by atoms with E-state index in [1.54, 1.807) is 6.08 Å². The van der Waals surface area contributed by atoms with Crippen LogP contribution in [0.3, 0.4) is 0 Å². The number of allylic oxidation sites excluding steroid dienone is 5. The van der Waals surface area contributed by atoms with Crippen LogP contribution in [0.5, 0.6) is 0 Å². The minimum absolute atomic E-state index is 1.17. The van der Waals surface area contributed by atoms with Gasteiger partial charge < -0.3 is 0 Å². The molecular formula is C10H15Cl. The van der Waals surface area contributed by atoms with Crippen molar-refractivity contribution in [1.82, 2.24) is 0 Å². The predicted octanol–water partition coefficient (Wildman–Crippen LogP) is 4.04. The van der Waals surface area contributed by atoms with Gasteiger partial charge >= 0.3 is 0 Å². The van der Waals surface area contributed by atoms with E-state index in [1.807, 2.05) is 18.2 Å². The molecule has 0 saturated heterocycles. The highest BCUT2D eigenvalue weighted by molar-refractivity contribution is 6.25. The molecule has 0 aliphatic carbocycles. The fourth-order valence-electron chi connectivity index (χ4n) is 0.667. The van der Waals surface area contributed by atoms with Gasteiger partial charge in [0.2, 0.25) is 0 Å². The Bertz CT molecular complexity index is 143. The van der Waals surface area contributed by atoms with Crippen LogP contribution in [-0.2, 0) is 0 Å². The lowest BCUT2D eigenvalue weighted by molar-refractivity contribution is 0.815. The van der Waals surface area contributed by atoms with Crippen LogP contribution in [0.25, 0.3) is 0 Å². The summed E-state index contributed by atoms with van der Waals surface area (Å²) in [6.45, 7) is 2.19. The lowest BCUT2D eigenvalue weighted by Crippen LogP contribution is -1.64. The lowest BCUT2D eigenvalue weighted by Gasteiger charge is -1.84. The molecule has 0 fully saturated rings. The number of hydrogen-bond acceptors (Lipinski definition) is 0. The molecule has 0 unspecified atom stereocenters. The van der Waals surface area contributed by atoms with Gasteiger partial charge in [-0.05, 0) is 6.42 Å². The summed E-state index contributed by atoms with van der Waals surface area (Å²) in [7, 11) is 0. The molecule has 0 spiro atoms. The Balaban J connectivity index is 3.28. The standard InChI is InChI=1S/C10H15Cl/c1-2-3-4-5-6-7-8-9-10-11/h5-10H,2-4H2,1H3/b6-5+,8-7-,10-9?. The average molecular weight is 171 g/mol. The van der Waals surface area contributed by atoms with Crippen LogP contribution in [0.2, 0.25) is 0 Å². The van der Waals surface area contributed by atoms with Gasteiger partial charge in [-0.2, -0.15) is 0 Å². The summed E-state index contributed by atoms with van der Waals surface area (Å²) in [4.78, 5) is 0. The normalized spacial score (nSPS) is 12.5. The Labute approximate surface area is 74.3 Å². The maximum Gasteiger partial charge on any atom is 0.00424 e. The second-order valence-corrected chi connectivity index (χ2v) is 2.53. The fourth-order valence-corrected chi connectivity index (χ4v) is 0.751. The molecule has 0 amide bonds. The molecule has 0 heterocycles. The van der Waals surface area contributed by atoms with Crippen molar-refractivity contribution >= 4 is 11.6 Å². The predicted molar refractivity (Wildman–Crippen MR) is 52.8 cm³/mol. The maximum absolute atomic E-state index is 5.31. The van der Waals surface area contributed by atoms with Crippen molar-refractivity contribution < 1.29 is 0 Å². The fraction of sp³-hybridized carbons (Fsp3) is 0.400. The zero-order valence-electron chi connectivity index (χ0n) is 6.96. The van der Waals surface area contributed by atoms with Crippen molar-refractivity contribution in [2.45, 2.75) is 26.2 Å². The van der Waals surface area contributed by atoms with Crippen LogP contribution in [0.1, 0.15) is 26.2 Å². The minimum Gasteiger partial charge on any atom is -0.0930 e. The topological polar surface area (TPSA) is 0 Å². The SMILES string of the molecule is CCCC/C=C/C=C\C=CCl. The van der Waals surface area contributed by atoms with Gasteiger partial charge in [0.05, 0.1) is 0 Å². The highest BCUT2D eigenvalue weighted by atomic mass is 35.5. The first kappa shape index (κ1) is 10.5. The second-order valence-electron chi connectivity index (χ2n) is 2.27. The van der Waals surface area contributed by atoms with E-state index in [2.05, 4.69) is 13.0 Å². The summed E-state index contributed by atoms with van der Waals surface area (Å²) >= 11 is 5.31. The largest absolute Gasteiger partial charge is 0.0930 e. The molecule has 0 nitrogen and oxygen atoms in total. The van der Waals surface area contributed by atoms with Gasteiger partial charge in [0, 0.05) is 5.54 Å². The number of unbranched alkanes of at least 4 members (excludes halogenated alkanes) is 2. The van der Waals surface area contributed by atoms with Crippen molar-refractivity contribution in [3.8, 4) is 0 Å². The Hall–Kier alpha value is -0.490. The van der Waals surface area contributed by atoms with Crippen molar-refractivity contribution in [2.75, 3.05) is 0 Å². The van der Waals surface area contributed by atoms with Gasteiger partial charge in [-0.15, -0.1) is 0 Å². The molecule has 0 aliphatic rings. The van der Waals surface area contributed by atoms with Crippen molar-refractivity contribution in [3.63, 3.8) is 0 Å². The Kier molecular flexibility index (Phi) is 9.09. The van der Waals surface area contributed by atoms with Gasteiger partial charge in [0.1, 0.15) is 0 Å². The molecule has 0 atom stereocenters. The summed E-state index contributed by atoms with van der Waals surface area (Å²) in [5.41, 5.74) is 1.50. The monoisotopic (exact) mass is 170 g/mol. The summed E-state index contributed by atoms with van der Waals surface area (Å²) in [6.07, 6.45) is 13.6. The summed E-state index contributed by atoms with van der Waals surface area (Å²) in [6, 6.07) is 0.